The normalized spacial score (nSPS) is 10.4. The molecule has 0 bridgehead atoms. The van der Waals surface area contributed by atoms with Gasteiger partial charge in [0.25, 0.3) is 5.91 Å². The monoisotopic (exact) mass is 394 g/mol. The maximum Gasteiger partial charge on any atom is 0.271 e. The molecule has 3 rings (SSSR count). The summed E-state index contributed by atoms with van der Waals surface area (Å²) in [7, 11) is 1.63. The second-order valence-corrected chi connectivity index (χ2v) is 6.43. The summed E-state index contributed by atoms with van der Waals surface area (Å²) in [4.78, 5) is 12.2. The van der Waals surface area contributed by atoms with Gasteiger partial charge in [-0.25, -0.2) is 4.39 Å². The summed E-state index contributed by atoms with van der Waals surface area (Å²) in [6.07, 6.45) is 1.24. The van der Waals surface area contributed by atoms with Crippen molar-refractivity contribution in [3.8, 4) is 5.75 Å². The molecule has 150 valence electrons. The Labute approximate surface area is 169 Å². The van der Waals surface area contributed by atoms with Crippen LogP contribution in [0.2, 0.25) is 0 Å². The molecule has 29 heavy (non-hydrogen) atoms. The van der Waals surface area contributed by atoms with E-state index in [1.807, 2.05) is 24.3 Å². The quantitative estimate of drug-likeness (QED) is 0.583. The molecule has 1 amide bonds. The number of aromatic nitrogens is 2. The highest BCUT2D eigenvalue weighted by Gasteiger charge is 2.08. The van der Waals surface area contributed by atoms with Crippen LogP contribution in [0.1, 0.15) is 21.6 Å². The van der Waals surface area contributed by atoms with Gasteiger partial charge in [0.15, 0.2) is 5.69 Å². The molecule has 2 N–H and O–H groups in total. The van der Waals surface area contributed by atoms with Crippen LogP contribution in [0.3, 0.4) is 0 Å². The number of amides is 1. The van der Waals surface area contributed by atoms with Crippen molar-refractivity contribution in [2.24, 2.45) is 0 Å². The van der Waals surface area contributed by atoms with Crippen LogP contribution in [0.4, 0.5) is 10.2 Å². The zero-order valence-electron chi connectivity index (χ0n) is 16.2. The predicted molar refractivity (Wildman–Crippen MR) is 110 cm³/mol. The lowest BCUT2D eigenvalue weighted by atomic mass is 10.1. The largest absolute Gasteiger partial charge is 0.497 e. The third kappa shape index (κ3) is 6.00. The average Bonchev–Trinajstić information content (AvgIpc) is 2.76. The van der Waals surface area contributed by atoms with Crippen molar-refractivity contribution in [3.63, 3.8) is 0 Å². The van der Waals surface area contributed by atoms with Crippen LogP contribution in [-0.2, 0) is 12.8 Å². The number of anilines is 1. The molecule has 2 aromatic carbocycles. The Hall–Kier alpha value is -3.48. The summed E-state index contributed by atoms with van der Waals surface area (Å²) in [6.45, 7) is 1.01. The maximum absolute atomic E-state index is 13.6. The number of carbonyl (C=O) groups excluding carboxylic acids is 1. The molecule has 3 aromatic rings. The van der Waals surface area contributed by atoms with Crippen molar-refractivity contribution in [3.05, 3.63) is 83.3 Å². The van der Waals surface area contributed by atoms with E-state index in [0.717, 1.165) is 11.3 Å². The third-order valence-electron chi connectivity index (χ3n) is 4.41. The van der Waals surface area contributed by atoms with Crippen LogP contribution in [0.25, 0.3) is 0 Å². The number of nitrogens with zero attached hydrogens (tertiary/aromatic N) is 2. The van der Waals surface area contributed by atoms with E-state index in [1.54, 1.807) is 37.4 Å². The average molecular weight is 394 g/mol. The highest BCUT2D eigenvalue weighted by molar-refractivity contribution is 5.92. The van der Waals surface area contributed by atoms with Crippen molar-refractivity contribution in [2.45, 2.75) is 12.8 Å². The summed E-state index contributed by atoms with van der Waals surface area (Å²) in [5.74, 6) is 0.845. The molecule has 0 fully saturated rings. The number of methoxy groups -OCH3 is 1. The zero-order valence-corrected chi connectivity index (χ0v) is 16.2. The molecule has 0 aliphatic carbocycles. The van der Waals surface area contributed by atoms with Crippen LogP contribution in [0.15, 0.2) is 60.7 Å². The number of hydrogen-bond acceptors (Lipinski definition) is 5. The lowest BCUT2D eigenvalue weighted by Gasteiger charge is -2.07. The van der Waals surface area contributed by atoms with Crippen LogP contribution < -0.4 is 15.4 Å². The molecule has 0 atom stereocenters. The number of benzene rings is 2. The molecule has 0 aliphatic rings. The van der Waals surface area contributed by atoms with E-state index < -0.39 is 0 Å². The van der Waals surface area contributed by atoms with E-state index in [9.17, 15) is 9.18 Å². The number of carbonyl (C=O) groups is 1. The fraction of sp³-hybridized carbons (Fsp3) is 0.227. The molecule has 7 heteroatoms. The summed E-state index contributed by atoms with van der Waals surface area (Å²) in [5, 5.41) is 13.9. The lowest BCUT2D eigenvalue weighted by molar-refractivity contribution is 0.0948. The van der Waals surface area contributed by atoms with Gasteiger partial charge in [0.2, 0.25) is 0 Å². The zero-order chi connectivity index (χ0) is 20.5. The fourth-order valence-electron chi connectivity index (χ4n) is 2.78. The molecule has 0 radical (unpaired) electrons. The summed E-state index contributed by atoms with van der Waals surface area (Å²) in [6, 6.07) is 17.7. The van der Waals surface area contributed by atoms with Crippen molar-refractivity contribution in [1.82, 2.24) is 15.5 Å². The van der Waals surface area contributed by atoms with Gasteiger partial charge in [-0.15, -0.1) is 10.2 Å². The van der Waals surface area contributed by atoms with E-state index in [-0.39, 0.29) is 17.4 Å². The molecule has 0 aliphatic heterocycles. The molecule has 0 saturated carbocycles. The smallest absolute Gasteiger partial charge is 0.271 e. The van der Waals surface area contributed by atoms with Gasteiger partial charge in [-0.3, -0.25) is 4.79 Å². The van der Waals surface area contributed by atoms with Crippen molar-refractivity contribution in [2.75, 3.05) is 25.5 Å². The molecule has 0 saturated heterocycles. The third-order valence-corrected chi connectivity index (χ3v) is 4.41. The first-order valence-corrected chi connectivity index (χ1v) is 9.38. The molecular weight excluding hydrogens is 371 g/mol. The first kappa shape index (κ1) is 20.3. The molecule has 1 aromatic heterocycles. The topological polar surface area (TPSA) is 76.1 Å². The number of hydrogen-bond donors (Lipinski definition) is 2. The van der Waals surface area contributed by atoms with Gasteiger partial charge >= 0.3 is 0 Å². The molecule has 0 spiro atoms. The Balaban J connectivity index is 1.42. The Morgan fingerprint density at radius 3 is 2.45 bits per heavy atom. The minimum Gasteiger partial charge on any atom is -0.497 e. The Morgan fingerprint density at radius 1 is 0.966 bits per heavy atom. The second kappa shape index (κ2) is 10.2. The number of rotatable bonds is 9. The van der Waals surface area contributed by atoms with E-state index >= 15 is 0 Å². The van der Waals surface area contributed by atoms with Crippen molar-refractivity contribution >= 4 is 11.7 Å². The van der Waals surface area contributed by atoms with Crippen LogP contribution >= 0.6 is 0 Å². The first-order chi connectivity index (χ1) is 14.2. The van der Waals surface area contributed by atoms with Gasteiger partial charge in [-0.05, 0) is 54.3 Å². The first-order valence-electron chi connectivity index (χ1n) is 9.38. The van der Waals surface area contributed by atoms with E-state index in [1.165, 1.54) is 6.07 Å². The standard InChI is InChI=1S/C22H23FN4O2/c1-29-18-8-6-16(7-9-18)12-14-25-22(28)20-10-11-21(27-26-20)24-15-13-17-4-2-3-5-19(17)23/h2-11H,12-15H2,1H3,(H,24,27)(H,25,28). The number of nitrogens with one attached hydrogen (secondary N) is 2. The van der Waals surface area contributed by atoms with E-state index in [4.69, 9.17) is 4.74 Å². The summed E-state index contributed by atoms with van der Waals surface area (Å²) < 4.78 is 18.7. The van der Waals surface area contributed by atoms with Gasteiger partial charge in [-0.2, -0.15) is 0 Å². The van der Waals surface area contributed by atoms with Crippen LogP contribution in [0, 0.1) is 5.82 Å². The van der Waals surface area contributed by atoms with Gasteiger partial charge < -0.3 is 15.4 Å². The Bertz CT molecular complexity index is 930. The summed E-state index contributed by atoms with van der Waals surface area (Å²) >= 11 is 0. The van der Waals surface area contributed by atoms with E-state index in [2.05, 4.69) is 20.8 Å². The minimum atomic E-state index is -0.274. The lowest BCUT2D eigenvalue weighted by Crippen LogP contribution is -2.26. The summed E-state index contributed by atoms with van der Waals surface area (Å²) in [5.41, 5.74) is 1.99. The van der Waals surface area contributed by atoms with Crippen LogP contribution in [-0.4, -0.2) is 36.3 Å². The van der Waals surface area contributed by atoms with Crippen molar-refractivity contribution < 1.29 is 13.9 Å². The molecule has 0 unspecified atom stereocenters. The Morgan fingerprint density at radius 2 is 1.76 bits per heavy atom. The van der Waals surface area contributed by atoms with Gasteiger partial charge in [-0.1, -0.05) is 30.3 Å². The van der Waals surface area contributed by atoms with Gasteiger partial charge in [0.1, 0.15) is 17.4 Å². The molecular formula is C22H23FN4O2. The molecule has 6 nitrogen and oxygen atoms in total. The predicted octanol–water partition coefficient (Wildman–Crippen LogP) is 3.25. The van der Waals surface area contributed by atoms with Gasteiger partial charge in [0, 0.05) is 13.1 Å². The highest BCUT2D eigenvalue weighted by atomic mass is 19.1. The molecule has 1 heterocycles. The highest BCUT2D eigenvalue weighted by Crippen LogP contribution is 2.11. The second-order valence-electron chi connectivity index (χ2n) is 6.43. The Kier molecular flexibility index (Phi) is 7.10. The van der Waals surface area contributed by atoms with E-state index in [0.29, 0.717) is 37.3 Å². The van der Waals surface area contributed by atoms with Crippen molar-refractivity contribution in [1.29, 1.82) is 0 Å². The van der Waals surface area contributed by atoms with Crippen LogP contribution in [0.5, 0.6) is 5.75 Å². The SMILES string of the molecule is COc1ccc(CCNC(=O)c2ccc(NCCc3ccccc3F)nn2)cc1. The fourth-order valence-corrected chi connectivity index (χ4v) is 2.78. The minimum absolute atomic E-state index is 0.220. The number of halogens is 1. The maximum atomic E-state index is 13.6. The number of ether oxygens (including phenoxy) is 1. The van der Waals surface area contributed by atoms with Gasteiger partial charge in [0.05, 0.1) is 7.11 Å².